The van der Waals surface area contributed by atoms with Crippen LogP contribution in [0.1, 0.15) is 40.0 Å². The van der Waals surface area contributed by atoms with Gasteiger partial charge in [-0.15, -0.1) is 11.3 Å². The van der Waals surface area contributed by atoms with Crippen molar-refractivity contribution in [1.82, 2.24) is 0 Å². The van der Waals surface area contributed by atoms with Gasteiger partial charge in [-0.1, -0.05) is 37.3 Å². The quantitative estimate of drug-likeness (QED) is 0.841. The summed E-state index contributed by atoms with van der Waals surface area (Å²) in [6, 6.07) is 14.4. The molecule has 1 fully saturated rings. The fourth-order valence-corrected chi connectivity index (χ4v) is 4.80. The Morgan fingerprint density at radius 2 is 1.88 bits per heavy atom. The average molecular weight is 358 g/mol. The number of anilines is 1. The molecule has 2 aromatic rings. The Bertz CT molecular complexity index is 710. The monoisotopic (exact) mass is 357 g/mol. The van der Waals surface area contributed by atoms with Gasteiger partial charge < -0.3 is 10.0 Å². The lowest BCUT2D eigenvalue weighted by Gasteiger charge is -2.35. The number of aliphatic hydroxyl groups excluding tert-OH is 1. The number of amides is 1. The largest absolute Gasteiger partial charge is 0.392 e. The number of benzene rings is 1. The maximum atomic E-state index is 13.2. The number of hydrogen-bond acceptors (Lipinski definition) is 3. The number of thiophene rings is 1. The van der Waals surface area contributed by atoms with E-state index in [0.29, 0.717) is 5.92 Å². The number of aliphatic hydroxyl groups is 1. The smallest absolute Gasteiger partial charge is 0.233 e. The Labute approximate surface area is 154 Å². The van der Waals surface area contributed by atoms with Crippen LogP contribution in [-0.2, 0) is 4.79 Å². The zero-order valence-corrected chi connectivity index (χ0v) is 16.0. The van der Waals surface area contributed by atoms with Crippen molar-refractivity contribution in [3.8, 4) is 10.4 Å². The SMILES string of the molecule is CC(C)N(C(=O)[C@@H]1CC[C@@H](C)C[C@@H]1O)c1ccc(-c2ccccc2)s1. The Kier molecular flexibility index (Phi) is 5.60. The van der Waals surface area contributed by atoms with Crippen molar-refractivity contribution < 1.29 is 9.90 Å². The number of nitrogens with zero attached hydrogens (tertiary/aromatic N) is 1. The second kappa shape index (κ2) is 7.71. The lowest BCUT2D eigenvalue weighted by atomic mass is 9.80. The molecule has 0 bridgehead atoms. The third-order valence-electron chi connectivity index (χ3n) is 5.04. The molecule has 25 heavy (non-hydrogen) atoms. The third kappa shape index (κ3) is 3.96. The van der Waals surface area contributed by atoms with E-state index in [0.717, 1.165) is 29.1 Å². The minimum absolute atomic E-state index is 0.0656. The maximum Gasteiger partial charge on any atom is 0.233 e. The van der Waals surface area contributed by atoms with Crippen LogP contribution in [0.4, 0.5) is 5.00 Å². The normalized spacial score (nSPS) is 23.6. The van der Waals surface area contributed by atoms with Crippen molar-refractivity contribution in [1.29, 1.82) is 0 Å². The first-order valence-electron chi connectivity index (χ1n) is 9.13. The molecule has 1 heterocycles. The van der Waals surface area contributed by atoms with Crippen molar-refractivity contribution in [2.75, 3.05) is 4.90 Å². The van der Waals surface area contributed by atoms with Crippen LogP contribution >= 0.6 is 11.3 Å². The van der Waals surface area contributed by atoms with E-state index in [4.69, 9.17) is 0 Å². The summed E-state index contributed by atoms with van der Waals surface area (Å²) in [5, 5.41) is 11.4. The molecule has 1 aliphatic carbocycles. The van der Waals surface area contributed by atoms with Crippen molar-refractivity contribution in [3.63, 3.8) is 0 Å². The molecule has 0 unspecified atom stereocenters. The van der Waals surface area contributed by atoms with E-state index in [-0.39, 0.29) is 17.9 Å². The van der Waals surface area contributed by atoms with E-state index in [9.17, 15) is 9.90 Å². The van der Waals surface area contributed by atoms with Crippen LogP contribution in [0.25, 0.3) is 10.4 Å². The molecular formula is C21H27NO2S. The van der Waals surface area contributed by atoms with Crippen LogP contribution in [0.3, 0.4) is 0 Å². The van der Waals surface area contributed by atoms with Crippen molar-refractivity contribution in [2.45, 2.75) is 52.2 Å². The van der Waals surface area contributed by atoms with Gasteiger partial charge >= 0.3 is 0 Å². The highest BCUT2D eigenvalue weighted by molar-refractivity contribution is 7.19. The average Bonchev–Trinajstić information content (AvgIpc) is 3.05. The highest BCUT2D eigenvalue weighted by Crippen LogP contribution is 2.37. The molecule has 0 radical (unpaired) electrons. The van der Waals surface area contributed by atoms with Gasteiger partial charge in [0.15, 0.2) is 0 Å². The van der Waals surface area contributed by atoms with Gasteiger partial charge in [-0.25, -0.2) is 0 Å². The zero-order chi connectivity index (χ0) is 18.0. The van der Waals surface area contributed by atoms with Crippen LogP contribution in [0, 0.1) is 11.8 Å². The van der Waals surface area contributed by atoms with Gasteiger partial charge in [0, 0.05) is 10.9 Å². The molecule has 4 heteroatoms. The second-order valence-corrected chi connectivity index (χ2v) is 8.46. The molecule has 1 amide bonds. The molecule has 1 aliphatic rings. The van der Waals surface area contributed by atoms with Gasteiger partial charge in [-0.3, -0.25) is 4.79 Å². The predicted molar refractivity (Wildman–Crippen MR) is 105 cm³/mol. The first-order valence-corrected chi connectivity index (χ1v) is 9.95. The number of rotatable bonds is 4. The van der Waals surface area contributed by atoms with Gasteiger partial charge in [0.1, 0.15) is 0 Å². The molecule has 3 nitrogen and oxygen atoms in total. The number of carbonyl (C=O) groups excluding carboxylic acids is 1. The van der Waals surface area contributed by atoms with Crippen LogP contribution in [0.15, 0.2) is 42.5 Å². The van der Waals surface area contributed by atoms with Crippen LogP contribution in [0.2, 0.25) is 0 Å². The second-order valence-electron chi connectivity index (χ2n) is 7.40. The van der Waals surface area contributed by atoms with Gasteiger partial charge in [-0.05, 0) is 56.7 Å². The fourth-order valence-electron chi connectivity index (χ4n) is 3.65. The Morgan fingerprint density at radius 1 is 1.16 bits per heavy atom. The van der Waals surface area contributed by atoms with E-state index in [1.807, 2.05) is 43.0 Å². The standard InChI is InChI=1S/C21H27NO2S/c1-14(2)22(21(24)17-10-9-15(3)13-18(17)23)20-12-11-19(25-20)16-7-5-4-6-8-16/h4-8,11-12,14-15,17-18,23H,9-10,13H2,1-3H3/t15-,17-,18+/m1/s1. The molecule has 134 valence electrons. The predicted octanol–water partition coefficient (Wildman–Crippen LogP) is 4.95. The zero-order valence-electron chi connectivity index (χ0n) is 15.2. The highest BCUT2D eigenvalue weighted by Gasteiger charge is 2.36. The summed E-state index contributed by atoms with van der Waals surface area (Å²) >= 11 is 1.64. The summed E-state index contributed by atoms with van der Waals surface area (Å²) in [7, 11) is 0. The molecule has 3 rings (SSSR count). The van der Waals surface area contributed by atoms with Gasteiger partial charge in [-0.2, -0.15) is 0 Å². The first-order chi connectivity index (χ1) is 12.0. The summed E-state index contributed by atoms with van der Waals surface area (Å²) in [6.45, 7) is 6.23. The molecule has 0 saturated heterocycles. The van der Waals surface area contributed by atoms with Gasteiger partial charge in [0.2, 0.25) is 5.91 Å². The first kappa shape index (κ1) is 18.2. The topological polar surface area (TPSA) is 40.5 Å². The molecule has 1 N–H and O–H groups in total. The summed E-state index contributed by atoms with van der Waals surface area (Å²) in [6.07, 6.45) is 1.99. The molecule has 3 atom stereocenters. The number of carbonyl (C=O) groups is 1. The van der Waals surface area contributed by atoms with Crippen molar-refractivity contribution in [3.05, 3.63) is 42.5 Å². The number of hydrogen-bond donors (Lipinski definition) is 1. The molecule has 1 saturated carbocycles. The molecule has 1 aromatic heterocycles. The van der Waals surface area contributed by atoms with E-state index in [1.165, 1.54) is 5.56 Å². The molecule has 0 spiro atoms. The van der Waals surface area contributed by atoms with Crippen molar-refractivity contribution >= 4 is 22.2 Å². The van der Waals surface area contributed by atoms with Gasteiger partial charge in [0.05, 0.1) is 17.0 Å². The van der Waals surface area contributed by atoms with E-state index in [2.05, 4.69) is 25.1 Å². The van der Waals surface area contributed by atoms with Gasteiger partial charge in [0.25, 0.3) is 0 Å². The minimum Gasteiger partial charge on any atom is -0.392 e. The lowest BCUT2D eigenvalue weighted by molar-refractivity contribution is -0.128. The molecule has 1 aromatic carbocycles. The van der Waals surface area contributed by atoms with Crippen LogP contribution in [-0.4, -0.2) is 23.2 Å². The third-order valence-corrected chi connectivity index (χ3v) is 6.17. The molecule has 0 aliphatic heterocycles. The van der Waals surface area contributed by atoms with Crippen LogP contribution < -0.4 is 4.90 Å². The summed E-state index contributed by atoms with van der Waals surface area (Å²) < 4.78 is 0. The fraction of sp³-hybridized carbons (Fsp3) is 0.476. The Morgan fingerprint density at radius 3 is 2.52 bits per heavy atom. The molecular weight excluding hydrogens is 330 g/mol. The summed E-state index contributed by atoms with van der Waals surface area (Å²) in [5.41, 5.74) is 1.17. The lowest BCUT2D eigenvalue weighted by Crippen LogP contribution is -2.46. The van der Waals surface area contributed by atoms with Crippen LogP contribution in [0.5, 0.6) is 0 Å². The van der Waals surface area contributed by atoms with E-state index >= 15 is 0 Å². The Balaban J connectivity index is 1.84. The summed E-state index contributed by atoms with van der Waals surface area (Å²) in [5.74, 6) is 0.287. The van der Waals surface area contributed by atoms with E-state index < -0.39 is 6.10 Å². The van der Waals surface area contributed by atoms with Crippen molar-refractivity contribution in [2.24, 2.45) is 11.8 Å². The summed E-state index contributed by atoms with van der Waals surface area (Å²) in [4.78, 5) is 16.2. The minimum atomic E-state index is -0.522. The Hall–Kier alpha value is -1.65. The van der Waals surface area contributed by atoms with E-state index in [1.54, 1.807) is 11.3 Å². The maximum absolute atomic E-state index is 13.2. The highest BCUT2D eigenvalue weighted by atomic mass is 32.1.